The molecular formula is C57H36N4O. The van der Waals surface area contributed by atoms with Crippen LogP contribution in [0.2, 0.25) is 0 Å². The molecule has 0 fully saturated rings. The van der Waals surface area contributed by atoms with Gasteiger partial charge in [0.05, 0.1) is 11.0 Å². The molecule has 0 unspecified atom stereocenters. The number of fused-ring (bicyclic) bond motifs is 6. The van der Waals surface area contributed by atoms with E-state index < -0.39 is 0 Å². The molecule has 0 radical (unpaired) electrons. The Morgan fingerprint density at radius 1 is 0.323 bits per heavy atom. The lowest BCUT2D eigenvalue weighted by molar-refractivity contribution is 0.670. The highest BCUT2D eigenvalue weighted by Crippen LogP contribution is 2.44. The molecule has 0 atom stereocenters. The summed E-state index contributed by atoms with van der Waals surface area (Å²) in [6, 6.07) is 76.4. The molecule has 0 amide bonds. The molecule has 0 saturated carbocycles. The third-order valence-electron chi connectivity index (χ3n) is 11.8. The lowest BCUT2D eigenvalue weighted by Crippen LogP contribution is -2.00. The highest BCUT2D eigenvalue weighted by Gasteiger charge is 2.22. The molecule has 0 bridgehead atoms. The van der Waals surface area contributed by atoms with Crippen LogP contribution >= 0.6 is 0 Å². The highest BCUT2D eigenvalue weighted by atomic mass is 16.3. The molecule has 9 aromatic carbocycles. The largest absolute Gasteiger partial charge is 0.455 e. The van der Waals surface area contributed by atoms with Gasteiger partial charge in [0.25, 0.3) is 0 Å². The molecule has 62 heavy (non-hydrogen) atoms. The first-order valence-corrected chi connectivity index (χ1v) is 20.8. The molecular weight excluding hydrogens is 757 g/mol. The van der Waals surface area contributed by atoms with Crippen LogP contribution < -0.4 is 0 Å². The monoisotopic (exact) mass is 792 g/mol. The third-order valence-corrected chi connectivity index (χ3v) is 11.8. The van der Waals surface area contributed by atoms with E-state index in [0.29, 0.717) is 17.5 Å². The SMILES string of the molecule is c1ccc(-c2cccc(-c3cc(-c4ccc5c(c4)c4ccccc4n5-c4ccccc4)cc4c3oc3cccc(-c5nc(-c6ccccc6)nc(-c6ccccc6)n5)c34)c2)cc1. The highest BCUT2D eigenvalue weighted by molar-refractivity contribution is 6.17. The van der Waals surface area contributed by atoms with E-state index in [2.05, 4.69) is 150 Å². The van der Waals surface area contributed by atoms with Gasteiger partial charge in [-0.15, -0.1) is 0 Å². The number of hydrogen-bond donors (Lipinski definition) is 0. The number of hydrogen-bond acceptors (Lipinski definition) is 4. The molecule has 12 aromatic rings. The number of nitrogens with zero attached hydrogens (tertiary/aromatic N) is 4. The van der Waals surface area contributed by atoms with Gasteiger partial charge in [0.15, 0.2) is 17.5 Å². The predicted octanol–water partition coefficient (Wildman–Crippen LogP) is 14.9. The maximum Gasteiger partial charge on any atom is 0.164 e. The molecule has 5 heteroatoms. The molecule has 3 heterocycles. The second-order valence-electron chi connectivity index (χ2n) is 15.6. The van der Waals surface area contributed by atoms with Crippen LogP contribution in [0.3, 0.4) is 0 Å². The van der Waals surface area contributed by atoms with E-state index in [1.165, 1.54) is 16.3 Å². The lowest BCUT2D eigenvalue weighted by Gasteiger charge is -2.11. The Balaban J connectivity index is 1.12. The van der Waals surface area contributed by atoms with Crippen molar-refractivity contribution in [3.05, 3.63) is 218 Å². The summed E-state index contributed by atoms with van der Waals surface area (Å²) in [6.07, 6.45) is 0. The molecule has 0 N–H and O–H groups in total. The van der Waals surface area contributed by atoms with Crippen LogP contribution in [0.5, 0.6) is 0 Å². The minimum Gasteiger partial charge on any atom is -0.455 e. The minimum atomic E-state index is 0.583. The average Bonchev–Trinajstić information content (AvgIpc) is 3.90. The van der Waals surface area contributed by atoms with E-state index in [4.69, 9.17) is 19.4 Å². The Kier molecular flexibility index (Phi) is 8.42. The molecule has 290 valence electrons. The fourth-order valence-corrected chi connectivity index (χ4v) is 8.93. The molecule has 0 saturated heterocycles. The van der Waals surface area contributed by atoms with Crippen molar-refractivity contribution in [2.45, 2.75) is 0 Å². The van der Waals surface area contributed by atoms with Crippen molar-refractivity contribution < 1.29 is 4.42 Å². The molecule has 0 aliphatic carbocycles. The summed E-state index contributed by atoms with van der Waals surface area (Å²) >= 11 is 0. The second kappa shape index (κ2) is 14.7. The zero-order valence-corrected chi connectivity index (χ0v) is 33.5. The van der Waals surface area contributed by atoms with Crippen LogP contribution in [0, 0.1) is 0 Å². The van der Waals surface area contributed by atoms with Crippen LogP contribution in [-0.2, 0) is 0 Å². The summed E-state index contributed by atoms with van der Waals surface area (Å²) in [5, 5.41) is 4.35. The van der Waals surface area contributed by atoms with Gasteiger partial charge in [0.1, 0.15) is 11.2 Å². The first-order valence-electron chi connectivity index (χ1n) is 20.8. The van der Waals surface area contributed by atoms with E-state index in [9.17, 15) is 0 Å². The normalized spacial score (nSPS) is 11.5. The van der Waals surface area contributed by atoms with E-state index in [1.807, 2.05) is 72.8 Å². The van der Waals surface area contributed by atoms with E-state index in [-0.39, 0.29) is 0 Å². The summed E-state index contributed by atoms with van der Waals surface area (Å²) in [7, 11) is 0. The van der Waals surface area contributed by atoms with Gasteiger partial charge in [-0.25, -0.2) is 15.0 Å². The third kappa shape index (κ3) is 6.06. The van der Waals surface area contributed by atoms with Gasteiger partial charge in [-0.2, -0.15) is 0 Å². The predicted molar refractivity (Wildman–Crippen MR) is 254 cm³/mol. The van der Waals surface area contributed by atoms with E-state index in [1.54, 1.807) is 0 Å². The lowest BCUT2D eigenvalue weighted by atomic mass is 9.93. The molecule has 0 aliphatic rings. The van der Waals surface area contributed by atoms with Crippen molar-refractivity contribution >= 4 is 43.7 Å². The topological polar surface area (TPSA) is 56.7 Å². The summed E-state index contributed by atoms with van der Waals surface area (Å²) < 4.78 is 9.33. The van der Waals surface area contributed by atoms with Crippen LogP contribution in [0.15, 0.2) is 223 Å². The van der Waals surface area contributed by atoms with Crippen molar-refractivity contribution in [1.82, 2.24) is 19.5 Å². The fraction of sp³-hybridized carbons (Fsp3) is 0. The molecule has 0 aliphatic heterocycles. The summed E-state index contributed by atoms with van der Waals surface area (Å²) in [6.45, 7) is 0. The van der Waals surface area contributed by atoms with E-state index in [0.717, 1.165) is 83.2 Å². The first kappa shape index (κ1) is 35.5. The average molecular weight is 793 g/mol. The maximum atomic E-state index is 6.97. The van der Waals surface area contributed by atoms with Crippen LogP contribution in [0.1, 0.15) is 0 Å². The van der Waals surface area contributed by atoms with Crippen molar-refractivity contribution in [3.63, 3.8) is 0 Å². The summed E-state index contributed by atoms with van der Waals surface area (Å²) in [5.74, 6) is 1.81. The Morgan fingerprint density at radius 2 is 0.871 bits per heavy atom. The quantitative estimate of drug-likeness (QED) is 0.161. The number of aromatic nitrogens is 4. The summed E-state index contributed by atoms with van der Waals surface area (Å²) in [4.78, 5) is 15.3. The number of furan rings is 1. The number of para-hydroxylation sites is 2. The van der Waals surface area contributed by atoms with Gasteiger partial charge in [-0.05, 0) is 82.4 Å². The zero-order chi connectivity index (χ0) is 41.0. The molecule has 5 nitrogen and oxygen atoms in total. The first-order chi connectivity index (χ1) is 30.7. The van der Waals surface area contributed by atoms with Crippen molar-refractivity contribution in [3.8, 4) is 73.2 Å². The zero-order valence-electron chi connectivity index (χ0n) is 33.5. The van der Waals surface area contributed by atoms with Crippen LogP contribution in [0.25, 0.3) is 117 Å². The Labute approximate surface area is 357 Å². The smallest absolute Gasteiger partial charge is 0.164 e. The Bertz CT molecular complexity index is 3560. The van der Waals surface area contributed by atoms with Gasteiger partial charge in [-0.3, -0.25) is 0 Å². The van der Waals surface area contributed by atoms with Gasteiger partial charge in [0, 0.05) is 49.5 Å². The second-order valence-corrected chi connectivity index (χ2v) is 15.6. The Morgan fingerprint density at radius 3 is 1.60 bits per heavy atom. The van der Waals surface area contributed by atoms with Crippen LogP contribution in [0.4, 0.5) is 0 Å². The minimum absolute atomic E-state index is 0.583. The van der Waals surface area contributed by atoms with Crippen molar-refractivity contribution in [1.29, 1.82) is 0 Å². The number of rotatable bonds is 7. The van der Waals surface area contributed by atoms with Crippen molar-refractivity contribution in [2.24, 2.45) is 0 Å². The maximum absolute atomic E-state index is 6.97. The number of benzene rings is 9. The van der Waals surface area contributed by atoms with Gasteiger partial charge in [0.2, 0.25) is 0 Å². The Hall–Kier alpha value is -8.41. The summed E-state index contributed by atoms with van der Waals surface area (Å²) in [5.41, 5.74) is 14.3. The fourth-order valence-electron chi connectivity index (χ4n) is 8.93. The van der Waals surface area contributed by atoms with Crippen molar-refractivity contribution in [2.75, 3.05) is 0 Å². The molecule has 3 aromatic heterocycles. The van der Waals surface area contributed by atoms with Gasteiger partial charge in [-0.1, -0.05) is 164 Å². The van der Waals surface area contributed by atoms with Crippen LogP contribution in [-0.4, -0.2) is 19.5 Å². The molecule has 0 spiro atoms. The van der Waals surface area contributed by atoms with Gasteiger partial charge >= 0.3 is 0 Å². The molecule has 12 rings (SSSR count). The van der Waals surface area contributed by atoms with Gasteiger partial charge < -0.3 is 8.98 Å². The standard InChI is InChI=1S/C57H36N4O/c1-5-17-37(18-6-1)40-23-15-24-42(33-40)47-35-43(41-31-32-51-48(34-41)45-27-13-14-29-50(45)61(51)44-25-11-4-12-26-44)36-49-53-46(28-16-30-52(53)62-54(47)49)57-59-55(38-19-7-2-8-20-38)58-56(60-57)39-21-9-3-10-22-39/h1-36H. The van der Waals surface area contributed by atoms with E-state index >= 15 is 0 Å².